The van der Waals surface area contributed by atoms with Crippen LogP contribution in [0.1, 0.15) is 44.1 Å². The number of nitrogens with zero attached hydrogens (tertiary/aromatic N) is 2. The van der Waals surface area contributed by atoms with Gasteiger partial charge in [0.25, 0.3) is 5.91 Å². The Morgan fingerprint density at radius 3 is 2.88 bits per heavy atom. The first-order valence-electron chi connectivity index (χ1n) is 10.3. The number of para-hydroxylation sites is 1. The number of carbonyl (C=O) groups is 1. The summed E-state index contributed by atoms with van der Waals surface area (Å²) in [5.74, 6) is 0.285. The molecule has 0 spiro atoms. The number of nitrogens with one attached hydrogen (secondary N) is 2. The molecular formula is C24H22N4O2S2. The molecule has 0 bridgehead atoms. The predicted molar refractivity (Wildman–Crippen MR) is 128 cm³/mol. The number of benzene rings is 1. The quantitative estimate of drug-likeness (QED) is 0.466. The Hall–Kier alpha value is -3.10. The molecule has 6 nitrogen and oxygen atoms in total. The third-order valence-electron chi connectivity index (χ3n) is 5.57. The van der Waals surface area contributed by atoms with Gasteiger partial charge < -0.3 is 14.9 Å². The average molecular weight is 463 g/mol. The molecule has 0 saturated heterocycles. The number of fused-ring (bicyclic) bond motifs is 3. The predicted octanol–water partition coefficient (Wildman–Crippen LogP) is 4.56. The van der Waals surface area contributed by atoms with Crippen LogP contribution in [0.3, 0.4) is 0 Å². The van der Waals surface area contributed by atoms with E-state index in [1.165, 1.54) is 5.56 Å². The van der Waals surface area contributed by atoms with Crippen LogP contribution in [-0.2, 0) is 13.0 Å². The number of aryl methyl sites for hydroxylation is 2. The second-order valence-corrected chi connectivity index (χ2v) is 9.86. The molecule has 1 aliphatic rings. The molecule has 0 aliphatic carbocycles. The molecule has 0 fully saturated rings. The van der Waals surface area contributed by atoms with Gasteiger partial charge in [0.1, 0.15) is 11.4 Å². The van der Waals surface area contributed by atoms with Gasteiger partial charge in [-0.15, -0.1) is 11.8 Å². The second kappa shape index (κ2) is 8.44. The van der Waals surface area contributed by atoms with Gasteiger partial charge in [-0.25, -0.2) is 4.98 Å². The number of imidazole rings is 1. The van der Waals surface area contributed by atoms with E-state index >= 15 is 0 Å². The maximum atomic E-state index is 13.3. The number of rotatable bonds is 4. The van der Waals surface area contributed by atoms with E-state index in [1.807, 2.05) is 32.0 Å². The number of carbonyl (C=O) groups excluding carboxylic acids is 1. The summed E-state index contributed by atoms with van der Waals surface area (Å²) < 4.78 is 2.07. The summed E-state index contributed by atoms with van der Waals surface area (Å²) in [6.45, 7) is 4.06. The summed E-state index contributed by atoms with van der Waals surface area (Å²) in [7, 11) is 0. The standard InChI is InChI=1S/C24H22N4O2S2/c1-14-11-25-22(27-14)12-26-24(30)23-18-10-21(16-7-8-31-13-16)32-20-6-4-3-5-17(20)28(18)15(2)9-19(23)29/h3-9,11,13,21H,10,12H2,1-2H3,(H,25,27)(H,26,30). The van der Waals surface area contributed by atoms with Gasteiger partial charge in [0.2, 0.25) is 0 Å². The van der Waals surface area contributed by atoms with E-state index in [4.69, 9.17) is 0 Å². The molecule has 1 atom stereocenters. The summed E-state index contributed by atoms with van der Waals surface area (Å²) in [6, 6.07) is 11.8. The summed E-state index contributed by atoms with van der Waals surface area (Å²) in [5, 5.41) is 7.20. The lowest BCUT2D eigenvalue weighted by molar-refractivity contribution is 0.0947. The third-order valence-corrected chi connectivity index (χ3v) is 7.59. The summed E-state index contributed by atoms with van der Waals surface area (Å²) >= 11 is 3.43. The maximum Gasteiger partial charge on any atom is 0.257 e. The highest BCUT2D eigenvalue weighted by Crippen LogP contribution is 2.44. The van der Waals surface area contributed by atoms with Crippen molar-refractivity contribution in [3.8, 4) is 5.69 Å². The van der Waals surface area contributed by atoms with E-state index in [0.29, 0.717) is 12.2 Å². The number of pyridine rings is 1. The van der Waals surface area contributed by atoms with Crippen molar-refractivity contribution in [1.82, 2.24) is 19.9 Å². The Morgan fingerprint density at radius 1 is 1.28 bits per heavy atom. The number of hydrogen-bond donors (Lipinski definition) is 2. The first kappa shape index (κ1) is 20.8. The fourth-order valence-electron chi connectivity index (χ4n) is 4.13. The van der Waals surface area contributed by atoms with Gasteiger partial charge in [-0.05, 0) is 48.4 Å². The van der Waals surface area contributed by atoms with Gasteiger partial charge >= 0.3 is 0 Å². The van der Waals surface area contributed by atoms with E-state index in [9.17, 15) is 9.59 Å². The van der Waals surface area contributed by atoms with Crippen LogP contribution in [0.4, 0.5) is 0 Å². The zero-order chi connectivity index (χ0) is 22.2. The van der Waals surface area contributed by atoms with Crippen LogP contribution in [0.25, 0.3) is 5.69 Å². The fourth-order valence-corrected chi connectivity index (χ4v) is 6.20. The van der Waals surface area contributed by atoms with Gasteiger partial charge in [-0.3, -0.25) is 9.59 Å². The molecule has 3 aromatic heterocycles. The smallest absolute Gasteiger partial charge is 0.257 e. The third kappa shape index (κ3) is 3.80. The fraction of sp³-hybridized carbons (Fsp3) is 0.208. The zero-order valence-corrected chi connectivity index (χ0v) is 19.3. The number of thioether (sulfide) groups is 1. The van der Waals surface area contributed by atoms with Crippen molar-refractivity contribution in [3.63, 3.8) is 0 Å². The van der Waals surface area contributed by atoms with E-state index in [2.05, 4.69) is 42.7 Å². The normalized spacial score (nSPS) is 15.0. The van der Waals surface area contributed by atoms with Crippen molar-refractivity contribution < 1.29 is 4.79 Å². The molecule has 1 aliphatic heterocycles. The monoisotopic (exact) mass is 462 g/mol. The number of thiophene rings is 1. The van der Waals surface area contributed by atoms with Gasteiger partial charge in [0.15, 0.2) is 5.43 Å². The van der Waals surface area contributed by atoms with Crippen molar-refractivity contribution in [2.45, 2.75) is 37.0 Å². The molecule has 0 saturated carbocycles. The molecule has 32 heavy (non-hydrogen) atoms. The highest BCUT2D eigenvalue weighted by atomic mass is 32.2. The molecule has 1 amide bonds. The Kier molecular flexibility index (Phi) is 5.48. The Balaban J connectivity index is 1.62. The number of aromatic nitrogens is 3. The van der Waals surface area contributed by atoms with E-state index in [-0.39, 0.29) is 28.7 Å². The van der Waals surface area contributed by atoms with E-state index in [0.717, 1.165) is 27.7 Å². The minimum absolute atomic E-state index is 0.108. The Morgan fingerprint density at radius 2 is 2.12 bits per heavy atom. The highest BCUT2D eigenvalue weighted by Gasteiger charge is 2.29. The molecular weight excluding hydrogens is 440 g/mol. The molecule has 1 unspecified atom stereocenters. The first-order valence-corrected chi connectivity index (χ1v) is 12.2. The van der Waals surface area contributed by atoms with Crippen LogP contribution in [0.15, 0.2) is 63.0 Å². The SMILES string of the molecule is Cc1cnc(CNC(=O)c2c3n(c(C)cc2=O)-c2ccccc2SC(c2ccsc2)C3)[nH]1. The zero-order valence-electron chi connectivity index (χ0n) is 17.7. The summed E-state index contributed by atoms with van der Waals surface area (Å²) in [4.78, 5) is 34.8. The van der Waals surface area contributed by atoms with Crippen LogP contribution < -0.4 is 10.7 Å². The minimum Gasteiger partial charge on any atom is -0.345 e. The molecule has 4 aromatic rings. The Bertz CT molecular complexity index is 1350. The first-order chi connectivity index (χ1) is 15.5. The Labute approximate surface area is 193 Å². The molecule has 0 radical (unpaired) electrons. The van der Waals surface area contributed by atoms with Crippen molar-refractivity contribution >= 4 is 29.0 Å². The number of H-pyrrole nitrogens is 1. The topological polar surface area (TPSA) is 79.8 Å². The van der Waals surface area contributed by atoms with Crippen LogP contribution in [0, 0.1) is 13.8 Å². The number of aromatic amines is 1. The minimum atomic E-state index is -0.374. The molecule has 162 valence electrons. The lowest BCUT2D eigenvalue weighted by atomic mass is 10.0. The van der Waals surface area contributed by atoms with Crippen molar-refractivity contribution in [2.24, 2.45) is 0 Å². The van der Waals surface area contributed by atoms with Gasteiger partial charge in [0.05, 0.1) is 12.2 Å². The lowest BCUT2D eigenvalue weighted by Crippen LogP contribution is -2.32. The summed E-state index contributed by atoms with van der Waals surface area (Å²) in [6.07, 6.45) is 2.30. The molecule has 8 heteroatoms. The van der Waals surface area contributed by atoms with E-state index < -0.39 is 0 Å². The van der Waals surface area contributed by atoms with Crippen molar-refractivity contribution in [2.75, 3.05) is 0 Å². The second-order valence-electron chi connectivity index (χ2n) is 7.84. The van der Waals surface area contributed by atoms with Gasteiger partial charge in [-0.2, -0.15) is 11.3 Å². The van der Waals surface area contributed by atoms with Crippen LogP contribution >= 0.6 is 23.1 Å². The molecule has 2 N–H and O–H groups in total. The maximum absolute atomic E-state index is 13.3. The lowest BCUT2D eigenvalue weighted by Gasteiger charge is -2.19. The van der Waals surface area contributed by atoms with Crippen LogP contribution in [0.5, 0.6) is 0 Å². The molecule has 5 rings (SSSR count). The molecule has 4 heterocycles. The van der Waals surface area contributed by atoms with Crippen LogP contribution in [0.2, 0.25) is 0 Å². The molecule has 1 aromatic carbocycles. The van der Waals surface area contributed by atoms with E-state index in [1.54, 1.807) is 35.4 Å². The summed E-state index contributed by atoms with van der Waals surface area (Å²) in [5.41, 5.74) is 4.64. The largest absolute Gasteiger partial charge is 0.345 e. The van der Waals surface area contributed by atoms with Gasteiger partial charge in [0, 0.05) is 45.9 Å². The number of amides is 1. The highest BCUT2D eigenvalue weighted by molar-refractivity contribution is 7.99. The van der Waals surface area contributed by atoms with Gasteiger partial charge in [-0.1, -0.05) is 12.1 Å². The average Bonchev–Trinajstić information content (AvgIpc) is 3.41. The van der Waals surface area contributed by atoms with Crippen molar-refractivity contribution in [1.29, 1.82) is 0 Å². The number of hydrogen-bond acceptors (Lipinski definition) is 5. The van der Waals surface area contributed by atoms with Crippen molar-refractivity contribution in [3.05, 3.63) is 97.6 Å². The van der Waals surface area contributed by atoms with Crippen LogP contribution in [-0.4, -0.2) is 20.4 Å².